The van der Waals surface area contributed by atoms with Crippen LogP contribution in [0.2, 0.25) is 0 Å². The molecule has 3 heteroatoms. The van der Waals surface area contributed by atoms with Gasteiger partial charge in [0.25, 0.3) is 0 Å². The van der Waals surface area contributed by atoms with Crippen molar-refractivity contribution in [2.45, 2.75) is 31.5 Å². The molecule has 2 rings (SSSR count). The fraction of sp³-hybridized carbons (Fsp3) is 0.500. The number of para-hydroxylation sites is 1. The molecule has 1 aliphatic heterocycles. The Bertz CT molecular complexity index is 405. The fourth-order valence-electron chi connectivity index (χ4n) is 2.43. The van der Waals surface area contributed by atoms with Crippen LogP contribution >= 0.6 is 0 Å². The summed E-state index contributed by atoms with van der Waals surface area (Å²) in [5, 5.41) is 3.15. The largest absolute Gasteiger partial charge is 0.491 e. The summed E-state index contributed by atoms with van der Waals surface area (Å²) in [4.78, 5) is 0. The van der Waals surface area contributed by atoms with Gasteiger partial charge in [0.05, 0.1) is 12.2 Å². The maximum absolute atomic E-state index is 5.92. The van der Waals surface area contributed by atoms with Gasteiger partial charge in [-0.05, 0) is 37.9 Å². The highest BCUT2D eigenvalue weighted by molar-refractivity contribution is 5.34. The number of hydrogen-bond acceptors (Lipinski definition) is 3. The molecule has 0 aromatic heterocycles. The van der Waals surface area contributed by atoms with Crippen LogP contribution in [0.4, 0.5) is 0 Å². The lowest BCUT2D eigenvalue weighted by molar-refractivity contribution is 0.0192. The molecule has 3 nitrogen and oxygen atoms in total. The molecule has 104 valence electrons. The molecule has 1 aromatic carbocycles. The van der Waals surface area contributed by atoms with Crippen molar-refractivity contribution in [1.82, 2.24) is 5.32 Å². The van der Waals surface area contributed by atoms with Crippen molar-refractivity contribution in [3.05, 3.63) is 42.5 Å². The van der Waals surface area contributed by atoms with Gasteiger partial charge < -0.3 is 14.8 Å². The highest BCUT2D eigenvalue weighted by atomic mass is 16.5. The molecule has 0 spiro atoms. The number of allylic oxidation sites excluding steroid dienone is 1. The Morgan fingerprint density at radius 3 is 2.95 bits per heavy atom. The third-order valence-corrected chi connectivity index (χ3v) is 3.39. The Morgan fingerprint density at radius 2 is 2.16 bits per heavy atom. The van der Waals surface area contributed by atoms with Crippen LogP contribution in [0.5, 0.6) is 5.75 Å². The quantitative estimate of drug-likeness (QED) is 0.765. The van der Waals surface area contributed by atoms with Crippen molar-refractivity contribution >= 4 is 0 Å². The summed E-state index contributed by atoms with van der Waals surface area (Å²) in [6.07, 6.45) is 5.48. The maximum atomic E-state index is 5.92. The summed E-state index contributed by atoms with van der Waals surface area (Å²) in [6, 6.07) is 8.12. The van der Waals surface area contributed by atoms with E-state index in [0.29, 0.717) is 12.7 Å². The van der Waals surface area contributed by atoms with Crippen molar-refractivity contribution in [2.24, 2.45) is 0 Å². The van der Waals surface area contributed by atoms with Gasteiger partial charge in [-0.2, -0.15) is 0 Å². The predicted molar refractivity (Wildman–Crippen MR) is 77.7 cm³/mol. The average Bonchev–Trinajstić information content (AvgIpc) is 2.86. The molecule has 1 fully saturated rings. The van der Waals surface area contributed by atoms with Crippen LogP contribution < -0.4 is 10.1 Å². The highest BCUT2D eigenvalue weighted by Gasteiger charge is 2.25. The molecule has 1 heterocycles. The molecule has 0 aliphatic carbocycles. The third-order valence-electron chi connectivity index (χ3n) is 3.39. The Hall–Kier alpha value is -1.32. The van der Waals surface area contributed by atoms with Crippen LogP contribution in [0.1, 0.15) is 18.4 Å². The molecule has 2 unspecified atom stereocenters. The van der Waals surface area contributed by atoms with Crippen LogP contribution in [0.3, 0.4) is 0 Å². The van der Waals surface area contributed by atoms with E-state index in [1.807, 2.05) is 31.3 Å². The first-order chi connectivity index (χ1) is 9.33. The summed E-state index contributed by atoms with van der Waals surface area (Å²) in [5.74, 6) is 0.947. The van der Waals surface area contributed by atoms with E-state index in [0.717, 1.165) is 31.6 Å². The van der Waals surface area contributed by atoms with Crippen molar-refractivity contribution < 1.29 is 9.47 Å². The highest BCUT2D eigenvalue weighted by Crippen LogP contribution is 2.23. The normalized spacial score (nSPS) is 22.4. The molecular weight excluding hydrogens is 238 g/mol. The molecule has 1 N–H and O–H groups in total. The predicted octanol–water partition coefficient (Wildman–Crippen LogP) is 2.56. The zero-order valence-electron chi connectivity index (χ0n) is 11.6. The zero-order chi connectivity index (χ0) is 13.5. The summed E-state index contributed by atoms with van der Waals surface area (Å²) in [5.41, 5.74) is 1.18. The summed E-state index contributed by atoms with van der Waals surface area (Å²) >= 11 is 0. The van der Waals surface area contributed by atoms with E-state index in [9.17, 15) is 0 Å². The lowest BCUT2D eigenvalue weighted by Gasteiger charge is -2.16. The molecule has 0 radical (unpaired) electrons. The SMILES string of the molecule is C=CCc1ccccc1OCC1CCC(CNC)O1. The molecule has 1 aliphatic rings. The minimum atomic E-state index is 0.218. The van der Waals surface area contributed by atoms with Gasteiger partial charge in [0, 0.05) is 6.54 Å². The van der Waals surface area contributed by atoms with E-state index in [2.05, 4.69) is 18.0 Å². The first kappa shape index (κ1) is 14.1. The second-order valence-electron chi connectivity index (χ2n) is 4.93. The minimum absolute atomic E-state index is 0.218. The lowest BCUT2D eigenvalue weighted by atomic mass is 10.1. The molecule has 19 heavy (non-hydrogen) atoms. The number of rotatable bonds is 7. The average molecular weight is 261 g/mol. The lowest BCUT2D eigenvalue weighted by Crippen LogP contribution is -2.26. The Morgan fingerprint density at radius 1 is 1.37 bits per heavy atom. The van der Waals surface area contributed by atoms with Gasteiger partial charge in [-0.3, -0.25) is 0 Å². The van der Waals surface area contributed by atoms with Crippen LogP contribution in [-0.4, -0.2) is 32.4 Å². The Labute approximate surface area is 115 Å². The monoisotopic (exact) mass is 261 g/mol. The van der Waals surface area contributed by atoms with Gasteiger partial charge in [-0.25, -0.2) is 0 Å². The van der Waals surface area contributed by atoms with E-state index < -0.39 is 0 Å². The van der Waals surface area contributed by atoms with Gasteiger partial charge in [0.1, 0.15) is 12.4 Å². The topological polar surface area (TPSA) is 30.5 Å². The number of ether oxygens (including phenoxy) is 2. The van der Waals surface area contributed by atoms with Gasteiger partial charge in [0.2, 0.25) is 0 Å². The second kappa shape index (κ2) is 7.31. The number of nitrogens with one attached hydrogen (secondary N) is 1. The van der Waals surface area contributed by atoms with Crippen LogP contribution in [0.25, 0.3) is 0 Å². The molecule has 0 bridgehead atoms. The van der Waals surface area contributed by atoms with E-state index in [-0.39, 0.29) is 6.10 Å². The molecule has 1 saturated heterocycles. The number of likely N-dealkylation sites (N-methyl/N-ethyl adjacent to an activating group) is 1. The number of hydrogen-bond donors (Lipinski definition) is 1. The number of benzene rings is 1. The van der Waals surface area contributed by atoms with Crippen molar-refractivity contribution in [3.63, 3.8) is 0 Å². The smallest absolute Gasteiger partial charge is 0.122 e. The molecule has 1 aromatic rings. The molecular formula is C16H23NO2. The second-order valence-corrected chi connectivity index (χ2v) is 4.93. The van der Waals surface area contributed by atoms with E-state index >= 15 is 0 Å². The van der Waals surface area contributed by atoms with Gasteiger partial charge in [-0.1, -0.05) is 24.3 Å². The molecule has 0 saturated carbocycles. The Balaban J connectivity index is 1.84. The summed E-state index contributed by atoms with van der Waals surface area (Å²) in [6.45, 7) is 5.33. The van der Waals surface area contributed by atoms with E-state index in [4.69, 9.17) is 9.47 Å². The maximum Gasteiger partial charge on any atom is 0.122 e. The van der Waals surface area contributed by atoms with Crippen LogP contribution in [0, 0.1) is 0 Å². The van der Waals surface area contributed by atoms with Crippen LogP contribution in [0.15, 0.2) is 36.9 Å². The summed E-state index contributed by atoms with van der Waals surface area (Å²) in [7, 11) is 1.96. The molecule has 0 amide bonds. The first-order valence-electron chi connectivity index (χ1n) is 6.95. The first-order valence-corrected chi connectivity index (χ1v) is 6.95. The van der Waals surface area contributed by atoms with E-state index in [1.54, 1.807) is 0 Å². The summed E-state index contributed by atoms with van der Waals surface area (Å²) < 4.78 is 11.8. The zero-order valence-corrected chi connectivity index (χ0v) is 11.6. The van der Waals surface area contributed by atoms with Gasteiger partial charge in [0.15, 0.2) is 0 Å². The third kappa shape index (κ3) is 4.08. The Kier molecular flexibility index (Phi) is 5.43. The fourth-order valence-corrected chi connectivity index (χ4v) is 2.43. The molecule has 2 atom stereocenters. The van der Waals surface area contributed by atoms with Crippen molar-refractivity contribution in [2.75, 3.05) is 20.2 Å². The standard InChI is InChI=1S/C16H23NO2/c1-3-6-13-7-4-5-8-16(13)18-12-15-10-9-14(19-15)11-17-2/h3-5,7-8,14-15,17H,1,6,9-12H2,2H3. The van der Waals surface area contributed by atoms with Crippen LogP contribution in [-0.2, 0) is 11.2 Å². The van der Waals surface area contributed by atoms with Gasteiger partial charge >= 0.3 is 0 Å². The van der Waals surface area contributed by atoms with E-state index in [1.165, 1.54) is 5.56 Å². The van der Waals surface area contributed by atoms with Gasteiger partial charge in [-0.15, -0.1) is 6.58 Å². The van der Waals surface area contributed by atoms with Crippen molar-refractivity contribution in [3.8, 4) is 5.75 Å². The minimum Gasteiger partial charge on any atom is -0.491 e. The van der Waals surface area contributed by atoms with Crippen molar-refractivity contribution in [1.29, 1.82) is 0 Å².